The Hall–Kier alpha value is -1.84. The number of methoxy groups -OCH3 is 1. The van der Waals surface area contributed by atoms with Gasteiger partial charge in [0.1, 0.15) is 11.6 Å². The second-order valence-electron chi connectivity index (χ2n) is 5.95. The lowest BCUT2D eigenvalue weighted by atomic mass is 9.85. The summed E-state index contributed by atoms with van der Waals surface area (Å²) in [7, 11) is 1.30. The van der Waals surface area contributed by atoms with E-state index in [0.717, 1.165) is 4.90 Å². The molecule has 2 heterocycles. The van der Waals surface area contributed by atoms with Crippen molar-refractivity contribution in [3.63, 3.8) is 0 Å². The van der Waals surface area contributed by atoms with Crippen LogP contribution in [-0.4, -0.2) is 76.4 Å². The molecule has 1 aromatic rings. The third-order valence-electron chi connectivity index (χ3n) is 4.64. The van der Waals surface area contributed by atoms with Gasteiger partial charge in [-0.1, -0.05) is 12.1 Å². The second-order valence-corrected chi connectivity index (χ2v) is 5.95. The first-order valence-corrected chi connectivity index (χ1v) is 7.56. The van der Waals surface area contributed by atoms with E-state index >= 15 is 0 Å². The molecule has 4 atom stereocenters. The van der Waals surface area contributed by atoms with Crippen molar-refractivity contribution in [1.29, 1.82) is 0 Å². The third-order valence-corrected chi connectivity index (χ3v) is 4.64. The number of hydrogen-bond donors (Lipinski definition) is 3. The summed E-state index contributed by atoms with van der Waals surface area (Å²) in [4.78, 5) is 26.4. The average Bonchev–Trinajstić information content (AvgIpc) is 2.86. The molecule has 0 aromatic heterocycles. The van der Waals surface area contributed by atoms with E-state index in [4.69, 9.17) is 9.47 Å². The minimum Gasteiger partial charge on any atom is -0.394 e. The third kappa shape index (κ3) is 2.27. The van der Waals surface area contributed by atoms with E-state index in [0.29, 0.717) is 0 Å². The van der Waals surface area contributed by atoms with E-state index in [1.165, 1.54) is 19.2 Å². The molecule has 2 aliphatic rings. The monoisotopic (exact) mass is 337 g/mol. The van der Waals surface area contributed by atoms with Crippen LogP contribution in [0.25, 0.3) is 0 Å². The van der Waals surface area contributed by atoms with Crippen molar-refractivity contribution in [2.75, 3.05) is 20.3 Å². The van der Waals surface area contributed by atoms with Gasteiger partial charge in [0.25, 0.3) is 11.8 Å². The quantitative estimate of drug-likeness (QED) is 0.611. The fraction of sp³-hybridized carbons (Fsp3) is 0.500. The number of aliphatic hydroxyl groups is 3. The van der Waals surface area contributed by atoms with Crippen LogP contribution in [0.3, 0.4) is 0 Å². The molecule has 2 amide bonds. The predicted molar refractivity (Wildman–Crippen MR) is 80.1 cm³/mol. The zero-order valence-corrected chi connectivity index (χ0v) is 13.1. The Morgan fingerprint density at radius 3 is 2.29 bits per heavy atom. The number of rotatable bonds is 4. The lowest BCUT2D eigenvalue weighted by Crippen LogP contribution is -2.68. The lowest BCUT2D eigenvalue weighted by molar-refractivity contribution is -0.276. The topological polar surface area (TPSA) is 117 Å². The molecule has 0 radical (unpaired) electrons. The summed E-state index contributed by atoms with van der Waals surface area (Å²) in [6, 6.07) is 6.33. The van der Waals surface area contributed by atoms with Crippen LogP contribution in [0.4, 0.5) is 0 Å². The standard InChI is InChI=1S/C16H19NO7/c1-23-15-16(8-19,6-11(20)12(7-18)24-15)17-13(21)9-4-2-3-5-10(9)14(17)22/h2-5,11-12,15,18-20H,6-8H2,1H3. The van der Waals surface area contributed by atoms with E-state index < -0.39 is 49.1 Å². The van der Waals surface area contributed by atoms with Crippen LogP contribution in [0, 0.1) is 0 Å². The number of imide groups is 1. The minimum absolute atomic E-state index is 0.168. The molecule has 2 aliphatic heterocycles. The summed E-state index contributed by atoms with van der Waals surface area (Å²) in [5, 5.41) is 29.5. The maximum Gasteiger partial charge on any atom is 0.262 e. The van der Waals surface area contributed by atoms with Gasteiger partial charge in [0.15, 0.2) is 6.29 Å². The molecule has 0 spiro atoms. The van der Waals surface area contributed by atoms with E-state index in [-0.39, 0.29) is 17.5 Å². The number of amides is 2. The molecule has 0 bridgehead atoms. The van der Waals surface area contributed by atoms with Crippen molar-refractivity contribution in [2.45, 2.75) is 30.5 Å². The number of nitrogens with zero attached hydrogens (tertiary/aromatic N) is 1. The smallest absolute Gasteiger partial charge is 0.262 e. The maximum atomic E-state index is 12.7. The van der Waals surface area contributed by atoms with Gasteiger partial charge >= 0.3 is 0 Å². The molecular weight excluding hydrogens is 318 g/mol. The molecular formula is C16H19NO7. The van der Waals surface area contributed by atoms with Gasteiger partial charge < -0.3 is 24.8 Å². The summed E-state index contributed by atoms with van der Waals surface area (Å²) in [6.07, 6.45) is -3.44. The number of carbonyl (C=O) groups excluding carboxylic acids is 2. The van der Waals surface area contributed by atoms with Crippen molar-refractivity contribution >= 4 is 11.8 Å². The SMILES string of the molecule is COC1OC(CO)C(O)CC1(CO)N1C(=O)c2ccccc2C1=O. The summed E-state index contributed by atoms with van der Waals surface area (Å²) in [5.74, 6) is -1.16. The van der Waals surface area contributed by atoms with E-state index in [1.807, 2.05) is 0 Å². The van der Waals surface area contributed by atoms with Gasteiger partial charge in [0.05, 0.1) is 30.4 Å². The van der Waals surface area contributed by atoms with Crippen LogP contribution in [0.2, 0.25) is 0 Å². The van der Waals surface area contributed by atoms with Crippen LogP contribution in [0.1, 0.15) is 27.1 Å². The maximum absolute atomic E-state index is 12.7. The number of aliphatic hydroxyl groups excluding tert-OH is 3. The summed E-state index contributed by atoms with van der Waals surface area (Å²) < 4.78 is 10.7. The lowest BCUT2D eigenvalue weighted by Gasteiger charge is -2.49. The van der Waals surface area contributed by atoms with Gasteiger partial charge in [-0.3, -0.25) is 14.5 Å². The van der Waals surface area contributed by atoms with Crippen molar-refractivity contribution in [2.24, 2.45) is 0 Å². The van der Waals surface area contributed by atoms with Gasteiger partial charge in [-0.25, -0.2) is 0 Å². The largest absolute Gasteiger partial charge is 0.394 e. The van der Waals surface area contributed by atoms with Crippen LogP contribution in [-0.2, 0) is 9.47 Å². The minimum atomic E-state index is -1.58. The van der Waals surface area contributed by atoms with Crippen molar-refractivity contribution in [3.05, 3.63) is 35.4 Å². The van der Waals surface area contributed by atoms with Crippen molar-refractivity contribution in [1.82, 2.24) is 4.90 Å². The van der Waals surface area contributed by atoms with Crippen LogP contribution >= 0.6 is 0 Å². The number of carbonyl (C=O) groups is 2. The molecule has 0 aliphatic carbocycles. The number of ether oxygens (including phenoxy) is 2. The van der Waals surface area contributed by atoms with E-state index in [2.05, 4.69) is 0 Å². The molecule has 4 unspecified atom stereocenters. The van der Waals surface area contributed by atoms with E-state index in [9.17, 15) is 24.9 Å². The first-order valence-electron chi connectivity index (χ1n) is 7.56. The van der Waals surface area contributed by atoms with E-state index in [1.54, 1.807) is 12.1 Å². The highest BCUT2D eigenvalue weighted by Gasteiger charge is 2.58. The highest BCUT2D eigenvalue weighted by atomic mass is 16.7. The Kier molecular flexibility index (Phi) is 4.41. The molecule has 3 N–H and O–H groups in total. The van der Waals surface area contributed by atoms with Gasteiger partial charge in [-0.05, 0) is 12.1 Å². The Labute approximate surface area is 138 Å². The fourth-order valence-electron chi connectivity index (χ4n) is 3.41. The molecule has 24 heavy (non-hydrogen) atoms. The van der Waals surface area contributed by atoms with Gasteiger partial charge in [0.2, 0.25) is 0 Å². The first kappa shape index (κ1) is 17.0. The summed E-state index contributed by atoms with van der Waals surface area (Å²) in [6.45, 7) is -1.10. The summed E-state index contributed by atoms with van der Waals surface area (Å²) in [5.41, 5.74) is -1.12. The molecule has 1 saturated heterocycles. The highest BCUT2D eigenvalue weighted by Crippen LogP contribution is 2.39. The van der Waals surface area contributed by atoms with Gasteiger partial charge in [0, 0.05) is 13.5 Å². The molecule has 1 fully saturated rings. The number of hydrogen-bond acceptors (Lipinski definition) is 7. The van der Waals surface area contributed by atoms with Crippen LogP contribution in [0.15, 0.2) is 24.3 Å². The van der Waals surface area contributed by atoms with Crippen LogP contribution < -0.4 is 0 Å². The Bertz CT molecular complexity index is 629. The van der Waals surface area contributed by atoms with Crippen molar-refractivity contribution in [3.8, 4) is 0 Å². The van der Waals surface area contributed by atoms with Crippen LogP contribution in [0.5, 0.6) is 0 Å². The molecule has 8 nitrogen and oxygen atoms in total. The van der Waals surface area contributed by atoms with Crippen molar-refractivity contribution < 1.29 is 34.4 Å². The molecule has 3 rings (SSSR count). The Morgan fingerprint density at radius 1 is 1.25 bits per heavy atom. The Morgan fingerprint density at radius 2 is 1.83 bits per heavy atom. The zero-order valence-electron chi connectivity index (χ0n) is 13.1. The fourth-order valence-corrected chi connectivity index (χ4v) is 3.41. The number of benzene rings is 1. The first-order chi connectivity index (χ1) is 11.5. The summed E-state index contributed by atoms with van der Waals surface area (Å²) >= 11 is 0. The average molecular weight is 337 g/mol. The van der Waals surface area contributed by atoms with Gasteiger partial charge in [-0.2, -0.15) is 0 Å². The number of fused-ring (bicyclic) bond motifs is 1. The second kappa shape index (κ2) is 6.23. The highest BCUT2D eigenvalue weighted by molar-refractivity contribution is 6.21. The molecule has 1 aromatic carbocycles. The molecule has 130 valence electrons. The zero-order chi connectivity index (χ0) is 17.5. The predicted octanol–water partition coefficient (Wildman–Crippen LogP) is -0.872. The molecule has 8 heteroatoms. The normalized spacial score (nSPS) is 33.0. The Balaban J connectivity index is 2.05. The molecule has 0 saturated carbocycles. The van der Waals surface area contributed by atoms with Gasteiger partial charge in [-0.15, -0.1) is 0 Å².